The summed E-state index contributed by atoms with van der Waals surface area (Å²) in [7, 11) is 5.89. The van der Waals surface area contributed by atoms with Crippen molar-refractivity contribution < 1.29 is 4.79 Å². The summed E-state index contributed by atoms with van der Waals surface area (Å²) < 4.78 is 2.21. The molecule has 0 aliphatic rings. The number of likely N-dealkylation sites (N-methyl/N-ethyl adjacent to an activating group) is 2. The minimum atomic E-state index is -0.0294. The number of nitrogens with zero attached hydrogens (tertiary/aromatic N) is 2. The van der Waals surface area contributed by atoms with E-state index in [0.717, 1.165) is 24.3 Å². The number of hydrogen-bond acceptors (Lipinski definition) is 3. The largest absolute Gasteiger partial charge is 0.346 e. The average molecular weight is 274 g/mol. The molecule has 1 aromatic heterocycles. The van der Waals surface area contributed by atoms with E-state index in [2.05, 4.69) is 46.5 Å². The highest BCUT2D eigenvalue weighted by Gasteiger charge is 2.05. The normalized spacial score (nSPS) is 11.2. The Morgan fingerprint density at radius 3 is 2.80 bits per heavy atom. The number of benzene rings is 1. The number of hydrogen-bond donors (Lipinski definition) is 2. The average Bonchev–Trinajstić information content (AvgIpc) is 2.79. The van der Waals surface area contributed by atoms with E-state index in [-0.39, 0.29) is 5.91 Å². The van der Waals surface area contributed by atoms with Gasteiger partial charge in [-0.05, 0) is 44.7 Å². The van der Waals surface area contributed by atoms with Gasteiger partial charge in [-0.3, -0.25) is 4.79 Å². The first kappa shape index (κ1) is 14.6. The van der Waals surface area contributed by atoms with Crippen molar-refractivity contribution in [3.8, 4) is 0 Å². The van der Waals surface area contributed by atoms with Crippen LogP contribution < -0.4 is 10.6 Å². The Hall–Kier alpha value is -1.85. The fraction of sp³-hybridized carbons (Fsp3) is 0.400. The van der Waals surface area contributed by atoms with Crippen molar-refractivity contribution >= 4 is 22.5 Å². The zero-order valence-electron chi connectivity index (χ0n) is 12.3. The van der Waals surface area contributed by atoms with Crippen LogP contribution in [0.2, 0.25) is 0 Å². The summed E-state index contributed by atoms with van der Waals surface area (Å²) in [6.07, 6.45) is 2.09. The maximum Gasteiger partial charge on any atom is 0.238 e. The maximum absolute atomic E-state index is 11.6. The molecule has 0 saturated carbocycles. The lowest BCUT2D eigenvalue weighted by Gasteiger charge is -2.12. The molecule has 0 aliphatic heterocycles. The molecule has 0 bridgehead atoms. The molecule has 5 heteroatoms. The van der Waals surface area contributed by atoms with Gasteiger partial charge < -0.3 is 20.1 Å². The molecule has 20 heavy (non-hydrogen) atoms. The van der Waals surface area contributed by atoms with Gasteiger partial charge in [0.1, 0.15) is 0 Å². The fourth-order valence-electron chi connectivity index (χ4n) is 2.13. The molecule has 0 saturated heterocycles. The number of fused-ring (bicyclic) bond motifs is 1. The quantitative estimate of drug-likeness (QED) is 0.836. The SMILES string of the molecule is CNCC(=O)Nc1ccc2ccn(CCN(C)C)c2c1. The van der Waals surface area contributed by atoms with Crippen molar-refractivity contribution in [1.82, 2.24) is 14.8 Å². The molecule has 5 nitrogen and oxygen atoms in total. The molecular formula is C15H22N4O. The van der Waals surface area contributed by atoms with E-state index in [1.807, 2.05) is 18.2 Å². The van der Waals surface area contributed by atoms with Gasteiger partial charge in [0.25, 0.3) is 0 Å². The first-order valence-electron chi connectivity index (χ1n) is 6.78. The van der Waals surface area contributed by atoms with Gasteiger partial charge in [0.15, 0.2) is 0 Å². The standard InChI is InChI=1S/C15H22N4O/c1-16-11-15(20)17-13-5-4-12-6-7-19(14(12)10-13)9-8-18(2)3/h4-7,10,16H,8-9,11H2,1-3H3,(H,17,20). The number of nitrogens with one attached hydrogen (secondary N) is 2. The first-order valence-corrected chi connectivity index (χ1v) is 6.78. The molecule has 2 rings (SSSR count). The molecule has 1 heterocycles. The summed E-state index contributed by atoms with van der Waals surface area (Å²) in [6.45, 7) is 2.24. The van der Waals surface area contributed by atoms with Crippen LogP contribution in [0, 0.1) is 0 Å². The summed E-state index contributed by atoms with van der Waals surface area (Å²) >= 11 is 0. The zero-order valence-corrected chi connectivity index (χ0v) is 12.3. The lowest BCUT2D eigenvalue weighted by atomic mass is 10.2. The van der Waals surface area contributed by atoms with E-state index >= 15 is 0 Å². The predicted molar refractivity (Wildman–Crippen MR) is 83.0 cm³/mol. The third kappa shape index (κ3) is 3.59. The first-order chi connectivity index (χ1) is 9.60. The molecular weight excluding hydrogens is 252 g/mol. The molecule has 0 spiro atoms. The van der Waals surface area contributed by atoms with Gasteiger partial charge in [-0.2, -0.15) is 0 Å². The maximum atomic E-state index is 11.6. The highest BCUT2D eigenvalue weighted by Crippen LogP contribution is 2.20. The third-order valence-electron chi connectivity index (χ3n) is 3.18. The Morgan fingerprint density at radius 2 is 2.10 bits per heavy atom. The van der Waals surface area contributed by atoms with Crippen LogP contribution in [-0.4, -0.2) is 49.6 Å². The second-order valence-corrected chi connectivity index (χ2v) is 5.16. The lowest BCUT2D eigenvalue weighted by molar-refractivity contribution is -0.115. The molecule has 1 amide bonds. The summed E-state index contributed by atoms with van der Waals surface area (Å²) in [5, 5.41) is 6.92. The second-order valence-electron chi connectivity index (χ2n) is 5.16. The van der Waals surface area contributed by atoms with E-state index < -0.39 is 0 Å². The third-order valence-corrected chi connectivity index (χ3v) is 3.18. The second kappa shape index (κ2) is 6.54. The molecule has 2 N–H and O–H groups in total. The van der Waals surface area contributed by atoms with Crippen LogP contribution in [-0.2, 0) is 11.3 Å². The molecule has 0 fully saturated rings. The molecule has 2 aromatic rings. The highest BCUT2D eigenvalue weighted by atomic mass is 16.1. The van der Waals surface area contributed by atoms with Crippen molar-refractivity contribution in [2.24, 2.45) is 0 Å². The summed E-state index contributed by atoms with van der Waals surface area (Å²) in [6, 6.07) is 8.10. The van der Waals surface area contributed by atoms with Crippen LogP contribution in [0.5, 0.6) is 0 Å². The fourth-order valence-corrected chi connectivity index (χ4v) is 2.13. The van der Waals surface area contributed by atoms with Gasteiger partial charge in [-0.25, -0.2) is 0 Å². The zero-order chi connectivity index (χ0) is 14.5. The number of anilines is 1. The Bertz CT molecular complexity index is 589. The molecule has 0 unspecified atom stereocenters. The molecule has 108 valence electrons. The van der Waals surface area contributed by atoms with Crippen LogP contribution in [0.4, 0.5) is 5.69 Å². The van der Waals surface area contributed by atoms with Crippen molar-refractivity contribution in [3.05, 3.63) is 30.5 Å². The lowest BCUT2D eigenvalue weighted by Crippen LogP contribution is -2.25. The molecule has 0 atom stereocenters. The van der Waals surface area contributed by atoms with Crippen LogP contribution in [0.15, 0.2) is 30.5 Å². The summed E-state index contributed by atoms with van der Waals surface area (Å²) in [5.74, 6) is -0.0294. The number of carbonyl (C=O) groups excluding carboxylic acids is 1. The number of amides is 1. The highest BCUT2D eigenvalue weighted by molar-refractivity contribution is 5.94. The van der Waals surface area contributed by atoms with Crippen LogP contribution in [0.3, 0.4) is 0 Å². The number of aromatic nitrogens is 1. The smallest absolute Gasteiger partial charge is 0.238 e. The van der Waals surface area contributed by atoms with Gasteiger partial charge in [0.05, 0.1) is 12.1 Å². The van der Waals surface area contributed by atoms with Crippen molar-refractivity contribution in [2.75, 3.05) is 39.5 Å². The number of carbonyl (C=O) groups is 1. The van der Waals surface area contributed by atoms with Crippen LogP contribution in [0.1, 0.15) is 0 Å². The molecule has 0 radical (unpaired) electrons. The van der Waals surface area contributed by atoms with Crippen molar-refractivity contribution in [2.45, 2.75) is 6.54 Å². The van der Waals surface area contributed by atoms with Crippen LogP contribution in [0.25, 0.3) is 10.9 Å². The molecule has 1 aromatic carbocycles. The van der Waals surface area contributed by atoms with E-state index in [9.17, 15) is 4.79 Å². The summed E-state index contributed by atoms with van der Waals surface area (Å²) in [5.41, 5.74) is 1.98. The van der Waals surface area contributed by atoms with Crippen molar-refractivity contribution in [3.63, 3.8) is 0 Å². The Balaban J connectivity index is 2.18. The Kier molecular flexibility index (Phi) is 4.76. The number of rotatable bonds is 6. The van der Waals surface area contributed by atoms with E-state index in [1.165, 1.54) is 5.39 Å². The minimum Gasteiger partial charge on any atom is -0.346 e. The van der Waals surface area contributed by atoms with Gasteiger partial charge in [0, 0.05) is 25.0 Å². The van der Waals surface area contributed by atoms with E-state index in [0.29, 0.717) is 6.54 Å². The van der Waals surface area contributed by atoms with Gasteiger partial charge in [0.2, 0.25) is 5.91 Å². The molecule has 0 aliphatic carbocycles. The Morgan fingerprint density at radius 1 is 1.30 bits per heavy atom. The Labute approximate surface area is 119 Å². The van der Waals surface area contributed by atoms with Crippen molar-refractivity contribution in [1.29, 1.82) is 0 Å². The predicted octanol–water partition coefficient (Wildman–Crippen LogP) is 1.36. The van der Waals surface area contributed by atoms with E-state index in [1.54, 1.807) is 7.05 Å². The van der Waals surface area contributed by atoms with Gasteiger partial charge >= 0.3 is 0 Å². The van der Waals surface area contributed by atoms with Gasteiger partial charge in [-0.15, -0.1) is 0 Å². The van der Waals surface area contributed by atoms with E-state index in [4.69, 9.17) is 0 Å². The monoisotopic (exact) mass is 274 g/mol. The minimum absolute atomic E-state index is 0.0294. The van der Waals surface area contributed by atoms with Crippen LogP contribution >= 0.6 is 0 Å². The van der Waals surface area contributed by atoms with Gasteiger partial charge in [-0.1, -0.05) is 6.07 Å². The topological polar surface area (TPSA) is 49.3 Å². The summed E-state index contributed by atoms with van der Waals surface area (Å²) in [4.78, 5) is 13.8.